The molecule has 2 aromatic rings. The summed E-state index contributed by atoms with van der Waals surface area (Å²) in [4.78, 5) is 12.4. The Kier molecular flexibility index (Phi) is 6.57. The average molecular weight is 386 g/mol. The van der Waals surface area contributed by atoms with Crippen LogP contribution in [0.25, 0.3) is 5.57 Å². The number of carbonyl (C=O) groups is 1. The number of ketones is 1. The molecule has 0 bridgehead atoms. The summed E-state index contributed by atoms with van der Waals surface area (Å²) in [7, 11) is 6.15. The maximum absolute atomic E-state index is 12.4. The Labute approximate surface area is 165 Å². The number of aromatic hydroxyl groups is 1. The van der Waals surface area contributed by atoms with Crippen LogP contribution >= 0.6 is 0 Å². The van der Waals surface area contributed by atoms with Gasteiger partial charge in [-0.25, -0.2) is 0 Å². The molecule has 0 saturated heterocycles. The van der Waals surface area contributed by atoms with Crippen LogP contribution in [0.2, 0.25) is 0 Å². The number of allylic oxidation sites excluding steroid dienone is 1. The van der Waals surface area contributed by atoms with Crippen LogP contribution in [-0.4, -0.2) is 39.3 Å². The minimum Gasteiger partial charge on any atom is -0.504 e. The number of methoxy groups -OCH3 is 4. The predicted octanol–water partition coefficient (Wildman–Crippen LogP) is 4.01. The first-order valence-electron chi connectivity index (χ1n) is 8.48. The van der Waals surface area contributed by atoms with Gasteiger partial charge in [0.1, 0.15) is 0 Å². The smallest absolute Gasteiger partial charge is 0.203 e. The van der Waals surface area contributed by atoms with Crippen molar-refractivity contribution in [3.05, 3.63) is 47.0 Å². The van der Waals surface area contributed by atoms with Gasteiger partial charge in [0.2, 0.25) is 5.75 Å². The fourth-order valence-electron chi connectivity index (χ4n) is 3.36. The summed E-state index contributed by atoms with van der Waals surface area (Å²) in [5, 5.41) is 10.2. The third-order valence-electron chi connectivity index (χ3n) is 4.64. The molecule has 6 nitrogen and oxygen atoms in total. The number of fused-ring (bicyclic) bond motifs is 1. The number of ether oxygens (including phenoxy) is 4. The van der Waals surface area contributed by atoms with Crippen molar-refractivity contribution < 1.29 is 28.8 Å². The Hall–Kier alpha value is -3.15. The molecule has 0 radical (unpaired) electrons. The van der Waals surface area contributed by atoms with Crippen molar-refractivity contribution >= 4 is 11.4 Å². The minimum absolute atomic E-state index is 0. The molecule has 0 spiro atoms. The van der Waals surface area contributed by atoms with E-state index in [0.29, 0.717) is 47.0 Å². The lowest BCUT2D eigenvalue weighted by molar-refractivity contribution is -0.114. The van der Waals surface area contributed by atoms with E-state index < -0.39 is 0 Å². The van der Waals surface area contributed by atoms with Crippen molar-refractivity contribution in [2.45, 2.75) is 20.3 Å². The second-order valence-electron chi connectivity index (χ2n) is 6.08. The molecule has 1 aliphatic rings. The molecule has 6 heteroatoms. The molecule has 150 valence electrons. The first-order chi connectivity index (χ1) is 13.0. The van der Waals surface area contributed by atoms with Gasteiger partial charge in [0, 0.05) is 12.0 Å². The summed E-state index contributed by atoms with van der Waals surface area (Å²) in [6.07, 6.45) is 2.46. The largest absolute Gasteiger partial charge is 0.504 e. The number of hydrogen-bond donors (Lipinski definition) is 1. The SMILES string of the molecule is C.COc1ccc(C2=CC(=O)CCc3c2cc(OC)c(OC)c3OC)cc1O. The van der Waals surface area contributed by atoms with Crippen LogP contribution in [0.15, 0.2) is 30.3 Å². The summed E-state index contributed by atoms with van der Waals surface area (Å²) in [5.41, 5.74) is 3.05. The highest BCUT2D eigenvalue weighted by Gasteiger charge is 2.26. The van der Waals surface area contributed by atoms with E-state index in [0.717, 1.165) is 11.1 Å². The van der Waals surface area contributed by atoms with E-state index in [4.69, 9.17) is 18.9 Å². The van der Waals surface area contributed by atoms with Crippen molar-refractivity contribution in [3.8, 4) is 28.7 Å². The van der Waals surface area contributed by atoms with Crippen molar-refractivity contribution in [2.75, 3.05) is 28.4 Å². The van der Waals surface area contributed by atoms with E-state index in [1.807, 2.05) is 6.07 Å². The van der Waals surface area contributed by atoms with Gasteiger partial charge in [-0.05, 0) is 47.4 Å². The van der Waals surface area contributed by atoms with Gasteiger partial charge in [-0.2, -0.15) is 0 Å². The molecule has 0 aromatic heterocycles. The van der Waals surface area contributed by atoms with Crippen LogP contribution in [0.3, 0.4) is 0 Å². The molecule has 28 heavy (non-hydrogen) atoms. The third kappa shape index (κ3) is 3.63. The molecule has 3 rings (SSSR count). The Bertz CT molecular complexity index is 914. The van der Waals surface area contributed by atoms with Gasteiger partial charge in [0.25, 0.3) is 0 Å². The third-order valence-corrected chi connectivity index (χ3v) is 4.64. The summed E-state index contributed by atoms with van der Waals surface area (Å²) in [5.74, 6) is 1.91. The predicted molar refractivity (Wildman–Crippen MR) is 108 cm³/mol. The Morgan fingerprint density at radius 1 is 0.857 bits per heavy atom. The molecular weight excluding hydrogens is 360 g/mol. The molecule has 0 saturated carbocycles. The highest BCUT2D eigenvalue weighted by atomic mass is 16.5. The molecule has 0 atom stereocenters. The lowest BCUT2D eigenvalue weighted by Crippen LogP contribution is -2.03. The number of benzene rings is 2. The maximum Gasteiger partial charge on any atom is 0.203 e. The Balaban J connectivity index is 0.00000280. The van der Waals surface area contributed by atoms with Crippen molar-refractivity contribution in [3.63, 3.8) is 0 Å². The van der Waals surface area contributed by atoms with E-state index in [-0.39, 0.29) is 19.0 Å². The first-order valence-corrected chi connectivity index (χ1v) is 8.48. The van der Waals surface area contributed by atoms with Crippen LogP contribution in [-0.2, 0) is 11.2 Å². The van der Waals surface area contributed by atoms with Gasteiger partial charge in [-0.3, -0.25) is 4.79 Å². The molecule has 2 aromatic carbocycles. The fraction of sp³-hybridized carbons (Fsp3) is 0.318. The maximum atomic E-state index is 12.4. The van der Waals surface area contributed by atoms with Gasteiger partial charge < -0.3 is 24.1 Å². The molecule has 1 aliphatic carbocycles. The normalized spacial score (nSPS) is 12.9. The second-order valence-corrected chi connectivity index (χ2v) is 6.08. The molecule has 1 N–H and O–H groups in total. The van der Waals surface area contributed by atoms with Crippen molar-refractivity contribution in [1.82, 2.24) is 0 Å². The molecular formula is C22H26O6. The lowest BCUT2D eigenvalue weighted by Gasteiger charge is -2.20. The minimum atomic E-state index is -0.00325. The van der Waals surface area contributed by atoms with Gasteiger partial charge in [0.05, 0.1) is 28.4 Å². The first kappa shape index (κ1) is 21.2. The van der Waals surface area contributed by atoms with Gasteiger partial charge in [0.15, 0.2) is 28.8 Å². The molecule has 0 aliphatic heterocycles. The number of carbonyl (C=O) groups excluding carboxylic acids is 1. The number of rotatable bonds is 5. The quantitative estimate of drug-likeness (QED) is 0.837. The zero-order chi connectivity index (χ0) is 19.6. The topological polar surface area (TPSA) is 74.2 Å². The molecule has 0 fully saturated rings. The van der Waals surface area contributed by atoms with E-state index in [1.54, 1.807) is 45.6 Å². The van der Waals surface area contributed by atoms with Crippen LogP contribution in [0.5, 0.6) is 28.7 Å². The van der Waals surface area contributed by atoms with Gasteiger partial charge in [-0.1, -0.05) is 13.5 Å². The second kappa shape index (κ2) is 8.69. The lowest BCUT2D eigenvalue weighted by atomic mass is 9.92. The average Bonchev–Trinajstić information content (AvgIpc) is 2.85. The summed E-state index contributed by atoms with van der Waals surface area (Å²) >= 11 is 0. The van der Waals surface area contributed by atoms with E-state index in [9.17, 15) is 9.90 Å². The van der Waals surface area contributed by atoms with E-state index in [1.165, 1.54) is 7.11 Å². The van der Waals surface area contributed by atoms with Crippen LogP contribution < -0.4 is 18.9 Å². The molecule has 0 amide bonds. The van der Waals surface area contributed by atoms with Crippen molar-refractivity contribution in [1.29, 1.82) is 0 Å². The zero-order valence-corrected chi connectivity index (χ0v) is 15.8. The van der Waals surface area contributed by atoms with Crippen LogP contribution in [0, 0.1) is 0 Å². The van der Waals surface area contributed by atoms with Gasteiger partial charge in [-0.15, -0.1) is 0 Å². The summed E-state index contributed by atoms with van der Waals surface area (Å²) in [6.45, 7) is 0. The standard InChI is InChI=1S/C21H22O6.CH4/c1-24-18-8-5-12(9-17(18)23)15-10-13(22)6-7-14-16(15)11-19(25-2)21(27-4)20(14)26-3;/h5,8-11,23H,6-7H2,1-4H3;1H4. The van der Waals surface area contributed by atoms with E-state index in [2.05, 4.69) is 0 Å². The highest BCUT2D eigenvalue weighted by Crippen LogP contribution is 2.46. The monoisotopic (exact) mass is 386 g/mol. The number of phenolic OH excluding ortho intramolecular Hbond substituents is 1. The van der Waals surface area contributed by atoms with Crippen LogP contribution in [0.1, 0.15) is 30.5 Å². The summed E-state index contributed by atoms with van der Waals surface area (Å²) < 4.78 is 21.7. The Morgan fingerprint density at radius 3 is 2.11 bits per heavy atom. The Morgan fingerprint density at radius 2 is 1.54 bits per heavy atom. The van der Waals surface area contributed by atoms with Crippen molar-refractivity contribution in [2.24, 2.45) is 0 Å². The number of phenols is 1. The highest BCUT2D eigenvalue weighted by molar-refractivity contribution is 6.03. The summed E-state index contributed by atoms with van der Waals surface area (Å²) in [6, 6.07) is 6.88. The fourth-order valence-corrected chi connectivity index (χ4v) is 3.36. The molecule has 0 heterocycles. The zero-order valence-electron chi connectivity index (χ0n) is 15.8. The number of hydrogen-bond acceptors (Lipinski definition) is 6. The molecule has 0 unspecified atom stereocenters. The van der Waals surface area contributed by atoms with Gasteiger partial charge >= 0.3 is 0 Å². The van der Waals surface area contributed by atoms with E-state index >= 15 is 0 Å². The van der Waals surface area contributed by atoms with Crippen LogP contribution in [0.4, 0.5) is 0 Å².